The molecule has 2 heterocycles. The van der Waals surface area contributed by atoms with Crippen molar-refractivity contribution >= 4 is 22.5 Å². The molecule has 6 atom stereocenters. The summed E-state index contributed by atoms with van der Waals surface area (Å²) in [5.41, 5.74) is -0.404. The van der Waals surface area contributed by atoms with Crippen molar-refractivity contribution in [2.24, 2.45) is 5.92 Å². The van der Waals surface area contributed by atoms with E-state index < -0.39 is 22.2 Å². The van der Waals surface area contributed by atoms with Crippen LogP contribution in [0.25, 0.3) is 0 Å². The van der Waals surface area contributed by atoms with E-state index in [0.29, 0.717) is 13.2 Å². The van der Waals surface area contributed by atoms with Crippen molar-refractivity contribution < 1.29 is 23.1 Å². The number of amides is 1. The number of fused-ring (bicyclic) bond motifs is 1. The maximum atomic E-state index is 12.7. The Bertz CT molecular complexity index is 729. The summed E-state index contributed by atoms with van der Waals surface area (Å²) in [6.07, 6.45) is 3.14. The van der Waals surface area contributed by atoms with Crippen LogP contribution < -0.4 is 5.32 Å². The summed E-state index contributed by atoms with van der Waals surface area (Å²) in [4.78, 5) is 12.7. The van der Waals surface area contributed by atoms with E-state index in [-0.39, 0.29) is 46.3 Å². The number of ether oxygens (including phenoxy) is 2. The first-order chi connectivity index (χ1) is 14.9. The van der Waals surface area contributed by atoms with Gasteiger partial charge in [0, 0.05) is 0 Å². The summed E-state index contributed by atoms with van der Waals surface area (Å²) in [5.74, 6) is -0.0998. The highest BCUT2D eigenvalue weighted by Crippen LogP contribution is 2.55. The van der Waals surface area contributed by atoms with Gasteiger partial charge in [0.25, 0.3) is 0 Å². The van der Waals surface area contributed by atoms with Gasteiger partial charge < -0.3 is 23.6 Å². The molecule has 2 aliphatic heterocycles. The molecule has 1 amide bonds. The van der Waals surface area contributed by atoms with Crippen LogP contribution in [0, 0.1) is 5.92 Å². The first kappa shape index (κ1) is 27.3. The number of epoxide rings is 1. The lowest BCUT2D eigenvalue weighted by Crippen LogP contribution is -2.72. The van der Waals surface area contributed by atoms with Crippen LogP contribution in [0.5, 0.6) is 0 Å². The Morgan fingerprint density at radius 1 is 1.03 bits per heavy atom. The van der Waals surface area contributed by atoms with E-state index in [4.69, 9.17) is 18.3 Å². The van der Waals surface area contributed by atoms with Crippen LogP contribution in [-0.4, -0.2) is 65.7 Å². The Labute approximate surface area is 204 Å². The van der Waals surface area contributed by atoms with Crippen molar-refractivity contribution in [3.63, 3.8) is 0 Å². The number of nitrogens with one attached hydrogen (secondary N) is 1. The van der Waals surface area contributed by atoms with Gasteiger partial charge in [-0.05, 0) is 62.5 Å². The molecule has 1 saturated carbocycles. The predicted octanol–water partition coefficient (Wildman–Crippen LogP) is 5.24. The number of β-lactam (4-membered cyclic amide) rings is 1. The smallest absolute Gasteiger partial charge is 0.228 e. The van der Waals surface area contributed by atoms with Gasteiger partial charge in [-0.25, -0.2) is 0 Å². The van der Waals surface area contributed by atoms with Crippen LogP contribution >= 0.6 is 0 Å². The molecule has 1 N–H and O–H groups in total. The molecule has 33 heavy (non-hydrogen) atoms. The highest BCUT2D eigenvalue weighted by molar-refractivity contribution is 6.74. The molecule has 0 aromatic heterocycles. The lowest BCUT2D eigenvalue weighted by atomic mass is 9.70. The van der Waals surface area contributed by atoms with Gasteiger partial charge in [0.05, 0.1) is 43.5 Å². The molecule has 2 saturated heterocycles. The third-order valence-corrected chi connectivity index (χ3v) is 18.2. The normalized spacial score (nSPS) is 33.7. The number of hydrogen-bond donors (Lipinski definition) is 1. The molecule has 192 valence electrons. The number of rotatable bonds is 9. The molecule has 8 heteroatoms. The zero-order chi connectivity index (χ0) is 25.0. The van der Waals surface area contributed by atoms with Crippen molar-refractivity contribution in [3.05, 3.63) is 0 Å². The molecule has 1 unspecified atom stereocenters. The third kappa shape index (κ3) is 5.16. The summed E-state index contributed by atoms with van der Waals surface area (Å²) in [6.45, 7) is 25.8. The molecule has 0 radical (unpaired) electrons. The summed E-state index contributed by atoms with van der Waals surface area (Å²) >= 11 is 0. The van der Waals surface area contributed by atoms with Crippen molar-refractivity contribution in [2.75, 3.05) is 13.2 Å². The quantitative estimate of drug-likeness (QED) is 0.203. The van der Waals surface area contributed by atoms with E-state index in [2.05, 4.69) is 80.0 Å². The Balaban J connectivity index is 1.64. The second-order valence-electron chi connectivity index (χ2n) is 13.5. The van der Waals surface area contributed by atoms with Crippen molar-refractivity contribution in [3.8, 4) is 0 Å². The summed E-state index contributed by atoms with van der Waals surface area (Å²) < 4.78 is 25.7. The maximum Gasteiger partial charge on any atom is 0.228 e. The van der Waals surface area contributed by atoms with E-state index in [1.54, 1.807) is 0 Å². The number of carbonyl (C=O) groups excluding carboxylic acids is 1. The molecule has 0 aromatic carbocycles. The van der Waals surface area contributed by atoms with Gasteiger partial charge in [-0.15, -0.1) is 0 Å². The van der Waals surface area contributed by atoms with E-state index >= 15 is 0 Å². The largest absolute Gasteiger partial charge is 0.414 e. The summed E-state index contributed by atoms with van der Waals surface area (Å²) in [6, 6.07) is -0.0404. The average Bonchev–Trinajstić information content (AvgIpc) is 3.36. The van der Waals surface area contributed by atoms with Gasteiger partial charge in [-0.3, -0.25) is 4.79 Å². The zero-order valence-corrected chi connectivity index (χ0v) is 25.0. The molecule has 3 aliphatic rings. The average molecular weight is 500 g/mol. The van der Waals surface area contributed by atoms with E-state index in [1.165, 1.54) is 0 Å². The highest BCUT2D eigenvalue weighted by atomic mass is 28.4. The lowest BCUT2D eigenvalue weighted by molar-refractivity contribution is -0.147. The topological polar surface area (TPSA) is 69.3 Å². The monoisotopic (exact) mass is 499 g/mol. The van der Waals surface area contributed by atoms with Crippen molar-refractivity contribution in [2.45, 2.75) is 134 Å². The van der Waals surface area contributed by atoms with Crippen LogP contribution in [0.3, 0.4) is 0 Å². The Morgan fingerprint density at radius 3 is 2.18 bits per heavy atom. The molecule has 1 aliphatic carbocycles. The molecule has 6 nitrogen and oxygen atoms in total. The molecule has 0 aromatic rings. The Morgan fingerprint density at radius 2 is 1.64 bits per heavy atom. The van der Waals surface area contributed by atoms with Crippen LogP contribution in [0.4, 0.5) is 0 Å². The highest BCUT2D eigenvalue weighted by Gasteiger charge is 2.73. The standard InChI is InChI=1S/C25H49NO5Si2/c1-17(31-33(10,11)24(5,6)7)20-21(26-22(20)27)25-18(13-12-14-19(25)30-25)28-15-16-29-32(8,9)23(2,3)4/h17-21H,12-16H2,1-11H3,(H,26,27)/t17-,18?,19-,20-,21-,25-/m1/s1. The first-order valence-corrected chi connectivity index (χ1v) is 18.7. The maximum absolute atomic E-state index is 12.7. The van der Waals surface area contributed by atoms with Gasteiger partial charge in [-0.2, -0.15) is 0 Å². The fourth-order valence-electron chi connectivity index (χ4n) is 4.87. The van der Waals surface area contributed by atoms with Crippen molar-refractivity contribution in [1.82, 2.24) is 5.32 Å². The van der Waals surface area contributed by atoms with Gasteiger partial charge in [0.1, 0.15) is 5.60 Å². The fourth-order valence-corrected chi connectivity index (χ4v) is 7.33. The molecule has 3 fully saturated rings. The molecule has 3 rings (SSSR count). The van der Waals surface area contributed by atoms with Crippen LogP contribution in [0.2, 0.25) is 36.3 Å². The summed E-state index contributed by atoms with van der Waals surface area (Å²) in [7, 11) is -3.76. The predicted molar refractivity (Wildman–Crippen MR) is 138 cm³/mol. The third-order valence-electron chi connectivity index (χ3n) is 9.14. The second kappa shape index (κ2) is 9.00. The summed E-state index contributed by atoms with van der Waals surface area (Å²) in [5, 5.41) is 3.48. The van der Waals surface area contributed by atoms with Gasteiger partial charge >= 0.3 is 0 Å². The Hall–Kier alpha value is -0.256. The lowest BCUT2D eigenvalue weighted by Gasteiger charge is -2.49. The SMILES string of the molecule is C[C@@H](O[Si](C)(C)C(C)(C)C)[C@H]1C(=O)N[C@H]1[C@]12O[C@@H]1CCCC2OCCO[Si](C)(C)C(C)(C)C. The minimum atomic E-state index is -1.97. The molecular weight excluding hydrogens is 450 g/mol. The minimum Gasteiger partial charge on any atom is -0.414 e. The van der Waals surface area contributed by atoms with Crippen LogP contribution in [0.15, 0.2) is 0 Å². The van der Waals surface area contributed by atoms with Crippen molar-refractivity contribution in [1.29, 1.82) is 0 Å². The molecule has 0 bridgehead atoms. The molecular formula is C25H49NO5Si2. The molecule has 0 spiro atoms. The minimum absolute atomic E-state index is 0.00700. The van der Waals surface area contributed by atoms with E-state index in [9.17, 15) is 4.79 Å². The van der Waals surface area contributed by atoms with E-state index in [1.807, 2.05) is 0 Å². The van der Waals surface area contributed by atoms with Gasteiger partial charge in [-0.1, -0.05) is 41.5 Å². The van der Waals surface area contributed by atoms with Crippen LogP contribution in [0.1, 0.15) is 67.7 Å². The first-order valence-electron chi connectivity index (χ1n) is 12.9. The Kier molecular flexibility index (Phi) is 7.45. The second-order valence-corrected chi connectivity index (χ2v) is 23.0. The number of hydrogen-bond acceptors (Lipinski definition) is 5. The van der Waals surface area contributed by atoms with Crippen LogP contribution in [-0.2, 0) is 23.1 Å². The van der Waals surface area contributed by atoms with Gasteiger partial charge in [0.15, 0.2) is 16.6 Å². The number of carbonyl (C=O) groups is 1. The fraction of sp³-hybridized carbons (Fsp3) is 0.960. The zero-order valence-electron chi connectivity index (χ0n) is 23.0. The van der Waals surface area contributed by atoms with E-state index in [0.717, 1.165) is 19.3 Å². The van der Waals surface area contributed by atoms with Gasteiger partial charge in [0.2, 0.25) is 5.91 Å².